The summed E-state index contributed by atoms with van der Waals surface area (Å²) in [5, 5.41) is 0. The number of rotatable bonds is 3. The minimum absolute atomic E-state index is 0.117. The molecule has 1 spiro atoms. The number of hydrogen-bond acceptors (Lipinski definition) is 6. The Bertz CT molecular complexity index is 1080. The molecule has 5 rings (SSSR count). The summed E-state index contributed by atoms with van der Waals surface area (Å²) in [5.41, 5.74) is 4.71. The second-order valence-electron chi connectivity index (χ2n) is 10.2. The van der Waals surface area contributed by atoms with Crippen LogP contribution in [0.25, 0.3) is 0 Å². The zero-order valence-corrected chi connectivity index (χ0v) is 19.2. The first-order chi connectivity index (χ1) is 15.2. The highest BCUT2D eigenvalue weighted by atomic mass is 16.6. The average Bonchev–Trinajstić information content (AvgIpc) is 3.38. The largest absolute Gasteiger partial charge is 0.471 e. The topological polar surface area (TPSA) is 76.9 Å². The van der Waals surface area contributed by atoms with Crippen molar-refractivity contribution in [3.63, 3.8) is 0 Å². The highest BCUT2D eigenvalue weighted by Crippen LogP contribution is 2.54. The number of piperidine rings is 1. The molecule has 0 radical (unpaired) electrons. The summed E-state index contributed by atoms with van der Waals surface area (Å²) >= 11 is 0. The average molecular weight is 435 g/mol. The molecule has 1 saturated carbocycles. The van der Waals surface area contributed by atoms with Crippen LogP contribution >= 0.6 is 0 Å². The maximum absolute atomic E-state index is 12.6. The smallest absolute Gasteiger partial charge is 0.410 e. The van der Waals surface area contributed by atoms with E-state index < -0.39 is 5.60 Å². The number of likely N-dealkylation sites (tertiary alicyclic amines) is 1. The van der Waals surface area contributed by atoms with E-state index in [1.165, 1.54) is 11.1 Å². The van der Waals surface area contributed by atoms with E-state index in [4.69, 9.17) is 19.5 Å². The van der Waals surface area contributed by atoms with Gasteiger partial charge in [0.05, 0.1) is 31.2 Å². The lowest BCUT2D eigenvalue weighted by Crippen LogP contribution is -2.51. The van der Waals surface area contributed by atoms with E-state index in [9.17, 15) is 4.79 Å². The molecule has 1 amide bonds. The molecule has 0 N–H and O–H groups in total. The summed E-state index contributed by atoms with van der Waals surface area (Å²) in [6.07, 6.45) is 6.15. The van der Waals surface area contributed by atoms with Gasteiger partial charge in [-0.1, -0.05) is 17.7 Å². The van der Waals surface area contributed by atoms with Crippen molar-refractivity contribution in [1.29, 1.82) is 0 Å². The van der Waals surface area contributed by atoms with Gasteiger partial charge in [0.25, 0.3) is 0 Å². The van der Waals surface area contributed by atoms with Gasteiger partial charge in [-0.2, -0.15) is 0 Å². The van der Waals surface area contributed by atoms with E-state index in [0.29, 0.717) is 25.5 Å². The van der Waals surface area contributed by atoms with Gasteiger partial charge in [-0.3, -0.25) is 9.98 Å². The van der Waals surface area contributed by atoms with Crippen molar-refractivity contribution < 1.29 is 14.3 Å². The minimum Gasteiger partial charge on any atom is -0.471 e. The first kappa shape index (κ1) is 20.9. The molecule has 2 aliphatic heterocycles. The molecular weight excluding hydrogens is 404 g/mol. The number of aliphatic imine (C=N–C) groups is 1. The third-order valence-corrected chi connectivity index (χ3v) is 6.54. The molecule has 1 saturated heterocycles. The van der Waals surface area contributed by atoms with Gasteiger partial charge < -0.3 is 14.4 Å². The number of amides is 1. The van der Waals surface area contributed by atoms with Gasteiger partial charge in [-0.15, -0.1) is 0 Å². The van der Waals surface area contributed by atoms with Crippen LogP contribution in [0.3, 0.4) is 0 Å². The number of ether oxygens (including phenoxy) is 2. The zero-order chi connectivity index (χ0) is 22.5. The van der Waals surface area contributed by atoms with Gasteiger partial charge >= 0.3 is 6.09 Å². The fraction of sp³-hybridized carbons (Fsp3) is 0.520. The van der Waals surface area contributed by atoms with Crippen molar-refractivity contribution in [2.45, 2.75) is 65.2 Å². The van der Waals surface area contributed by atoms with Crippen LogP contribution in [0.2, 0.25) is 0 Å². The summed E-state index contributed by atoms with van der Waals surface area (Å²) < 4.78 is 12.0. The molecule has 1 atom stereocenters. The maximum atomic E-state index is 12.6. The molecule has 0 bridgehead atoms. The van der Waals surface area contributed by atoms with Crippen molar-refractivity contribution in [3.8, 4) is 5.88 Å². The highest BCUT2D eigenvalue weighted by Gasteiger charge is 2.54. The SMILES string of the molecule is Cc1ccc2c(c1)C(c1cncc(O[C@H]3CN(C(=O)OC(C)(C)C)CCC34CC4)n1)=NC2. The van der Waals surface area contributed by atoms with Crippen molar-refractivity contribution in [1.82, 2.24) is 14.9 Å². The van der Waals surface area contributed by atoms with Crippen LogP contribution < -0.4 is 4.74 Å². The Morgan fingerprint density at radius 1 is 1.19 bits per heavy atom. The standard InChI is InChI=1S/C25H30N4O3/c1-16-5-6-17-12-27-22(18(17)11-16)19-13-26-14-21(28-19)31-20-15-29(10-9-25(20)7-8-25)23(30)32-24(2,3)4/h5-6,11,13-14,20H,7-10,12,15H2,1-4H3/t20-/m0/s1. The molecule has 2 fully saturated rings. The lowest BCUT2D eigenvalue weighted by Gasteiger charge is -2.39. The number of fused-ring (bicyclic) bond motifs is 1. The van der Waals surface area contributed by atoms with E-state index in [1.807, 2.05) is 20.8 Å². The second kappa shape index (κ2) is 7.57. The summed E-state index contributed by atoms with van der Waals surface area (Å²) in [5.74, 6) is 0.480. The summed E-state index contributed by atoms with van der Waals surface area (Å²) in [6, 6.07) is 6.38. The Balaban J connectivity index is 1.34. The first-order valence-corrected chi connectivity index (χ1v) is 11.3. The summed E-state index contributed by atoms with van der Waals surface area (Å²) in [6.45, 7) is 9.61. The highest BCUT2D eigenvalue weighted by molar-refractivity contribution is 6.14. The molecule has 168 valence electrons. The number of carbonyl (C=O) groups is 1. The van der Waals surface area contributed by atoms with Gasteiger partial charge in [-0.05, 0) is 58.6 Å². The van der Waals surface area contributed by atoms with Crippen molar-refractivity contribution in [2.24, 2.45) is 10.4 Å². The summed E-state index contributed by atoms with van der Waals surface area (Å²) in [4.78, 5) is 28.2. The van der Waals surface area contributed by atoms with Crippen LogP contribution in [-0.4, -0.2) is 51.5 Å². The minimum atomic E-state index is -0.515. The molecule has 3 aliphatic rings. The van der Waals surface area contributed by atoms with Gasteiger partial charge in [0, 0.05) is 17.5 Å². The Kier molecular flexibility index (Phi) is 4.95. The molecule has 1 aromatic carbocycles. The van der Waals surface area contributed by atoms with E-state index in [1.54, 1.807) is 17.3 Å². The van der Waals surface area contributed by atoms with Gasteiger partial charge in [0.1, 0.15) is 17.4 Å². The quantitative estimate of drug-likeness (QED) is 0.720. The molecule has 7 heteroatoms. The van der Waals surface area contributed by atoms with Gasteiger partial charge in [0.15, 0.2) is 0 Å². The molecule has 0 unspecified atom stereocenters. The molecule has 1 aromatic heterocycles. The predicted molar refractivity (Wildman–Crippen MR) is 121 cm³/mol. The van der Waals surface area contributed by atoms with Gasteiger partial charge in [0.2, 0.25) is 5.88 Å². The number of benzene rings is 1. The Labute approximate surface area is 188 Å². The van der Waals surface area contributed by atoms with Crippen molar-refractivity contribution >= 4 is 11.8 Å². The third-order valence-electron chi connectivity index (χ3n) is 6.54. The third kappa shape index (κ3) is 4.08. The Hall–Kier alpha value is -2.96. The Morgan fingerprint density at radius 2 is 2.00 bits per heavy atom. The summed E-state index contributed by atoms with van der Waals surface area (Å²) in [7, 11) is 0. The number of nitrogens with zero attached hydrogens (tertiary/aromatic N) is 4. The second-order valence-corrected chi connectivity index (χ2v) is 10.2. The van der Waals surface area contributed by atoms with Crippen LogP contribution in [0.1, 0.15) is 62.4 Å². The first-order valence-electron chi connectivity index (χ1n) is 11.3. The maximum Gasteiger partial charge on any atom is 0.410 e. The Morgan fingerprint density at radius 3 is 2.75 bits per heavy atom. The molecule has 3 heterocycles. The van der Waals surface area contributed by atoms with Crippen molar-refractivity contribution in [2.75, 3.05) is 13.1 Å². The predicted octanol–water partition coefficient (Wildman–Crippen LogP) is 4.30. The molecule has 32 heavy (non-hydrogen) atoms. The van der Waals surface area contributed by atoms with E-state index in [2.05, 4.69) is 30.1 Å². The van der Waals surface area contributed by atoms with Crippen LogP contribution in [-0.2, 0) is 11.3 Å². The van der Waals surface area contributed by atoms with E-state index in [0.717, 1.165) is 36.2 Å². The van der Waals surface area contributed by atoms with Crippen LogP contribution in [0.5, 0.6) is 5.88 Å². The van der Waals surface area contributed by atoms with Crippen LogP contribution in [0, 0.1) is 12.3 Å². The number of aryl methyl sites for hydroxylation is 1. The fourth-order valence-corrected chi connectivity index (χ4v) is 4.57. The molecular formula is C25H30N4O3. The van der Waals surface area contributed by atoms with Crippen molar-refractivity contribution in [3.05, 3.63) is 53.0 Å². The molecule has 1 aliphatic carbocycles. The van der Waals surface area contributed by atoms with Crippen LogP contribution in [0.4, 0.5) is 4.79 Å². The van der Waals surface area contributed by atoms with Crippen LogP contribution in [0.15, 0.2) is 35.6 Å². The van der Waals surface area contributed by atoms with Gasteiger partial charge in [-0.25, -0.2) is 9.78 Å². The monoisotopic (exact) mass is 434 g/mol. The number of carbonyl (C=O) groups excluding carboxylic acids is 1. The lowest BCUT2D eigenvalue weighted by molar-refractivity contribution is -0.0120. The zero-order valence-electron chi connectivity index (χ0n) is 19.2. The van der Waals surface area contributed by atoms with E-state index in [-0.39, 0.29) is 17.6 Å². The molecule has 2 aromatic rings. The fourth-order valence-electron chi connectivity index (χ4n) is 4.57. The normalized spacial score (nSPS) is 21.2. The lowest BCUT2D eigenvalue weighted by atomic mass is 9.90. The number of aromatic nitrogens is 2. The molecule has 7 nitrogen and oxygen atoms in total. The van der Waals surface area contributed by atoms with E-state index >= 15 is 0 Å². The number of hydrogen-bond donors (Lipinski definition) is 0.